The van der Waals surface area contributed by atoms with Crippen molar-refractivity contribution in [3.63, 3.8) is 0 Å². The van der Waals surface area contributed by atoms with E-state index in [1.54, 1.807) is 30.3 Å². The highest BCUT2D eigenvalue weighted by atomic mass is 32.1. The first-order chi connectivity index (χ1) is 15.8. The number of aliphatic carboxylic acids is 1. The number of carboxylic acids is 1. The molecule has 0 radical (unpaired) electrons. The normalized spacial score (nSPS) is 10.8. The zero-order chi connectivity index (χ0) is 23.5. The van der Waals surface area contributed by atoms with E-state index in [-0.39, 0.29) is 12.2 Å². The maximum Gasteiger partial charge on any atom is 0.324 e. The van der Waals surface area contributed by atoms with Crippen molar-refractivity contribution in [2.45, 2.75) is 6.42 Å². The average molecular weight is 472 g/mol. The fourth-order valence-electron chi connectivity index (χ4n) is 3.08. The lowest BCUT2D eigenvalue weighted by molar-refractivity contribution is -0.136. The van der Waals surface area contributed by atoms with Crippen LogP contribution in [-0.4, -0.2) is 26.9 Å². The Labute approximate surface area is 189 Å². The van der Waals surface area contributed by atoms with Crippen molar-refractivity contribution in [2.24, 2.45) is 0 Å². The van der Waals surface area contributed by atoms with Gasteiger partial charge in [0.05, 0.1) is 22.7 Å². The molecule has 2 aromatic heterocycles. The highest BCUT2D eigenvalue weighted by molar-refractivity contribution is 7.13. The minimum absolute atomic E-state index is 0.186. The van der Waals surface area contributed by atoms with Crippen molar-refractivity contribution in [1.29, 1.82) is 0 Å². The van der Waals surface area contributed by atoms with Crippen LogP contribution in [0.5, 0.6) is 0 Å². The summed E-state index contributed by atoms with van der Waals surface area (Å²) in [6.45, 7) is 0. The quantitative estimate of drug-likeness (QED) is 0.332. The molecular weight excluding hydrogens is 457 g/mol. The summed E-state index contributed by atoms with van der Waals surface area (Å²) in [6.07, 6.45) is -0.203. The number of nitrogens with zero attached hydrogens (tertiary/aromatic N) is 2. The summed E-state index contributed by atoms with van der Waals surface area (Å²) >= 11 is 1.42. The summed E-state index contributed by atoms with van der Waals surface area (Å²) in [5, 5.41) is 20.1. The number of halogens is 3. The summed E-state index contributed by atoms with van der Waals surface area (Å²) in [5.74, 6) is -5.42. The van der Waals surface area contributed by atoms with Crippen LogP contribution in [0, 0.1) is 17.5 Å². The maximum atomic E-state index is 13.9. The van der Waals surface area contributed by atoms with E-state index >= 15 is 0 Å². The standard InChI is InChI=1S/C22H15F3N4O3S/c23-14-6-7-15(21(25)20(14)24)26-22(32)27-18-11-16(17-5-2-8-33-17)28-29(18)13-4-1-3-12(9-13)10-19(30)31/h1-9,11H,10H2,(H,30,31)(H2,26,27,32). The molecule has 168 valence electrons. The molecule has 0 saturated heterocycles. The molecule has 33 heavy (non-hydrogen) atoms. The molecule has 0 saturated carbocycles. The second-order valence-electron chi connectivity index (χ2n) is 6.85. The fourth-order valence-corrected chi connectivity index (χ4v) is 3.76. The number of hydrogen-bond acceptors (Lipinski definition) is 4. The van der Waals surface area contributed by atoms with Gasteiger partial charge in [-0.05, 0) is 41.3 Å². The predicted octanol–water partition coefficient (Wildman–Crippen LogP) is 5.29. The third-order valence-corrected chi connectivity index (χ3v) is 5.41. The van der Waals surface area contributed by atoms with E-state index in [1.165, 1.54) is 16.0 Å². The van der Waals surface area contributed by atoms with E-state index in [0.717, 1.165) is 10.9 Å². The predicted molar refractivity (Wildman–Crippen MR) is 117 cm³/mol. The van der Waals surface area contributed by atoms with Crippen LogP contribution in [0.15, 0.2) is 60.0 Å². The first-order valence-corrected chi connectivity index (χ1v) is 10.4. The number of carbonyl (C=O) groups excluding carboxylic acids is 1. The Balaban J connectivity index is 1.67. The Morgan fingerprint density at radius 2 is 1.82 bits per heavy atom. The lowest BCUT2D eigenvalue weighted by Crippen LogP contribution is -2.22. The molecule has 2 heterocycles. The van der Waals surface area contributed by atoms with Gasteiger partial charge in [0.2, 0.25) is 0 Å². The van der Waals surface area contributed by atoms with Crippen LogP contribution >= 0.6 is 11.3 Å². The molecule has 0 unspecified atom stereocenters. The molecule has 0 spiro atoms. The molecule has 0 aliphatic heterocycles. The largest absolute Gasteiger partial charge is 0.481 e. The Morgan fingerprint density at radius 3 is 2.55 bits per heavy atom. The van der Waals surface area contributed by atoms with Gasteiger partial charge in [-0.2, -0.15) is 5.10 Å². The number of nitrogens with one attached hydrogen (secondary N) is 2. The van der Waals surface area contributed by atoms with Gasteiger partial charge in [-0.15, -0.1) is 11.3 Å². The van der Waals surface area contributed by atoms with Crippen molar-refractivity contribution < 1.29 is 27.9 Å². The fraction of sp³-hybridized carbons (Fsp3) is 0.0455. The van der Waals surface area contributed by atoms with Crippen molar-refractivity contribution in [3.8, 4) is 16.3 Å². The molecule has 3 N–H and O–H groups in total. The van der Waals surface area contributed by atoms with Gasteiger partial charge in [0, 0.05) is 6.07 Å². The summed E-state index contributed by atoms with van der Waals surface area (Å²) < 4.78 is 41.9. The summed E-state index contributed by atoms with van der Waals surface area (Å²) in [6, 6.07) is 12.5. The second-order valence-corrected chi connectivity index (χ2v) is 7.79. The van der Waals surface area contributed by atoms with Gasteiger partial charge in [-0.1, -0.05) is 18.2 Å². The number of rotatable bonds is 6. The Morgan fingerprint density at radius 1 is 1.00 bits per heavy atom. The minimum Gasteiger partial charge on any atom is -0.481 e. The average Bonchev–Trinajstić information content (AvgIpc) is 3.44. The molecule has 0 atom stereocenters. The van der Waals surface area contributed by atoms with E-state index in [1.807, 2.05) is 17.5 Å². The van der Waals surface area contributed by atoms with Crippen molar-refractivity contribution in [1.82, 2.24) is 9.78 Å². The zero-order valence-corrected chi connectivity index (χ0v) is 17.5. The lowest BCUT2D eigenvalue weighted by atomic mass is 10.1. The summed E-state index contributed by atoms with van der Waals surface area (Å²) in [4.78, 5) is 24.4. The highest BCUT2D eigenvalue weighted by Gasteiger charge is 2.18. The molecule has 4 rings (SSSR count). The van der Waals surface area contributed by atoms with Gasteiger partial charge >= 0.3 is 12.0 Å². The second kappa shape index (κ2) is 9.17. The number of benzene rings is 2. The molecule has 11 heteroatoms. The van der Waals surface area contributed by atoms with E-state index in [9.17, 15) is 22.8 Å². The van der Waals surface area contributed by atoms with Gasteiger partial charge < -0.3 is 10.4 Å². The first-order valence-electron chi connectivity index (χ1n) is 9.48. The van der Waals surface area contributed by atoms with E-state index < -0.39 is 35.1 Å². The highest BCUT2D eigenvalue weighted by Crippen LogP contribution is 2.29. The number of carboxylic acid groups (broad SMARTS) is 1. The molecule has 0 aliphatic carbocycles. The van der Waals surface area contributed by atoms with Crippen molar-refractivity contribution in [3.05, 3.63) is 83.0 Å². The molecule has 2 amide bonds. The van der Waals surface area contributed by atoms with E-state index in [0.29, 0.717) is 23.0 Å². The monoisotopic (exact) mass is 472 g/mol. The number of carbonyl (C=O) groups is 2. The van der Waals surface area contributed by atoms with Crippen molar-refractivity contribution in [2.75, 3.05) is 10.6 Å². The van der Waals surface area contributed by atoms with E-state index in [4.69, 9.17) is 5.11 Å². The summed E-state index contributed by atoms with van der Waals surface area (Å²) in [7, 11) is 0. The van der Waals surface area contributed by atoms with Gasteiger partial charge in [0.15, 0.2) is 17.5 Å². The molecule has 0 bridgehead atoms. The number of anilines is 2. The minimum atomic E-state index is -1.70. The van der Waals surface area contributed by atoms with Gasteiger partial charge in [-0.3, -0.25) is 10.1 Å². The zero-order valence-electron chi connectivity index (χ0n) is 16.7. The SMILES string of the molecule is O=C(O)Cc1cccc(-n2nc(-c3cccs3)cc2NC(=O)Nc2ccc(F)c(F)c2F)c1. The van der Waals surface area contributed by atoms with Crippen LogP contribution in [0.2, 0.25) is 0 Å². The molecule has 0 aliphatic rings. The van der Waals surface area contributed by atoms with Crippen molar-refractivity contribution >= 4 is 34.8 Å². The molecule has 2 aromatic carbocycles. The third kappa shape index (κ3) is 4.88. The van der Waals surface area contributed by atoms with E-state index in [2.05, 4.69) is 15.7 Å². The molecule has 0 fully saturated rings. The van der Waals surface area contributed by atoms with Crippen LogP contribution in [0.1, 0.15) is 5.56 Å². The number of amides is 2. The smallest absolute Gasteiger partial charge is 0.324 e. The van der Waals surface area contributed by atoms with Crippen LogP contribution < -0.4 is 10.6 Å². The van der Waals surface area contributed by atoms with Crippen LogP contribution in [0.3, 0.4) is 0 Å². The molecule has 4 aromatic rings. The molecular formula is C22H15F3N4O3S. The van der Waals surface area contributed by atoms with Crippen LogP contribution in [0.4, 0.5) is 29.5 Å². The first kappa shape index (κ1) is 22.1. The number of urea groups is 1. The van der Waals surface area contributed by atoms with Gasteiger partial charge in [-0.25, -0.2) is 22.6 Å². The Bertz CT molecular complexity index is 1340. The topological polar surface area (TPSA) is 96.2 Å². The molecule has 7 nitrogen and oxygen atoms in total. The maximum absolute atomic E-state index is 13.9. The lowest BCUT2D eigenvalue weighted by Gasteiger charge is -2.11. The van der Waals surface area contributed by atoms with Gasteiger partial charge in [0.1, 0.15) is 11.5 Å². The number of aromatic nitrogens is 2. The number of hydrogen-bond donors (Lipinski definition) is 3. The van der Waals surface area contributed by atoms with Crippen LogP contribution in [0.25, 0.3) is 16.3 Å². The van der Waals surface area contributed by atoms with Gasteiger partial charge in [0.25, 0.3) is 0 Å². The van der Waals surface area contributed by atoms with Crippen LogP contribution in [-0.2, 0) is 11.2 Å². The third-order valence-electron chi connectivity index (χ3n) is 4.52. The summed E-state index contributed by atoms with van der Waals surface area (Å²) in [5.41, 5.74) is 0.987. The Kier molecular flexibility index (Phi) is 6.13. The Hall–Kier alpha value is -4.12. The number of thiophene rings is 1.